The van der Waals surface area contributed by atoms with Gasteiger partial charge in [0.1, 0.15) is 5.69 Å². The van der Waals surface area contributed by atoms with Gasteiger partial charge in [-0.1, -0.05) is 0 Å². The predicted molar refractivity (Wildman–Crippen MR) is 106 cm³/mol. The van der Waals surface area contributed by atoms with Crippen molar-refractivity contribution < 1.29 is 17.9 Å². The van der Waals surface area contributed by atoms with Gasteiger partial charge in [0.05, 0.1) is 18.9 Å². The summed E-state index contributed by atoms with van der Waals surface area (Å²) in [5.41, 5.74) is 1.67. The topological polar surface area (TPSA) is 43.2 Å². The van der Waals surface area contributed by atoms with E-state index in [9.17, 15) is 13.2 Å². The molecular formula is C22H27F3N4O. The summed E-state index contributed by atoms with van der Waals surface area (Å²) in [5, 5.41) is 4.74. The Morgan fingerprint density at radius 3 is 2.37 bits per heavy atom. The Labute approximate surface area is 174 Å². The molecule has 1 saturated heterocycles. The first-order valence-corrected chi connectivity index (χ1v) is 10.8. The average molecular weight is 420 g/mol. The van der Waals surface area contributed by atoms with Gasteiger partial charge in [-0.2, -0.15) is 18.3 Å². The normalized spacial score (nSPS) is 29.4. The minimum Gasteiger partial charge on any atom is -0.379 e. The molecule has 2 aromatic rings. The Balaban J connectivity index is 1.34. The van der Waals surface area contributed by atoms with Crippen LogP contribution in [0.2, 0.25) is 0 Å². The molecule has 0 aromatic carbocycles. The van der Waals surface area contributed by atoms with Crippen molar-refractivity contribution in [1.29, 1.82) is 0 Å². The second-order valence-corrected chi connectivity index (χ2v) is 9.05. The smallest absolute Gasteiger partial charge is 0.379 e. The first-order valence-electron chi connectivity index (χ1n) is 10.8. The van der Waals surface area contributed by atoms with Crippen LogP contribution in [0.25, 0.3) is 11.3 Å². The monoisotopic (exact) mass is 420 g/mol. The lowest BCUT2D eigenvalue weighted by Gasteiger charge is -2.33. The highest BCUT2D eigenvalue weighted by atomic mass is 19.4. The van der Waals surface area contributed by atoms with Gasteiger partial charge in [0.25, 0.3) is 0 Å². The molecule has 2 saturated carbocycles. The number of morpholine rings is 1. The molecule has 30 heavy (non-hydrogen) atoms. The van der Waals surface area contributed by atoms with E-state index in [-0.39, 0.29) is 6.04 Å². The molecule has 3 aliphatic rings. The lowest BCUT2D eigenvalue weighted by molar-refractivity contribution is -0.141. The van der Waals surface area contributed by atoms with Crippen LogP contribution in [-0.2, 0) is 10.9 Å². The number of ether oxygens (including phenoxy) is 1. The third-order valence-electron chi connectivity index (χ3n) is 6.93. The summed E-state index contributed by atoms with van der Waals surface area (Å²) < 4.78 is 46.0. The van der Waals surface area contributed by atoms with Crippen LogP contribution in [0.3, 0.4) is 0 Å². The largest absolute Gasteiger partial charge is 0.433 e. The maximum Gasteiger partial charge on any atom is 0.433 e. The van der Waals surface area contributed by atoms with Gasteiger partial charge in [0.2, 0.25) is 0 Å². The maximum atomic E-state index is 12.8. The second kappa shape index (κ2) is 7.34. The highest BCUT2D eigenvalue weighted by molar-refractivity contribution is 5.59. The lowest BCUT2D eigenvalue weighted by atomic mass is 10.0. The summed E-state index contributed by atoms with van der Waals surface area (Å²) in [6.07, 6.45) is -0.712. The number of aromatic nitrogens is 3. The third kappa shape index (κ3) is 3.54. The Bertz CT molecular complexity index is 890. The van der Waals surface area contributed by atoms with Crippen LogP contribution in [0.15, 0.2) is 24.4 Å². The van der Waals surface area contributed by atoms with Crippen LogP contribution < -0.4 is 0 Å². The molecule has 1 aliphatic heterocycles. The molecule has 0 bridgehead atoms. The molecule has 3 fully saturated rings. The van der Waals surface area contributed by atoms with Crippen molar-refractivity contribution in [2.75, 3.05) is 26.3 Å². The highest BCUT2D eigenvalue weighted by Gasteiger charge is 2.58. The number of fused-ring (bicyclic) bond motifs is 1. The van der Waals surface area contributed by atoms with Crippen LogP contribution in [-0.4, -0.2) is 52.0 Å². The van der Waals surface area contributed by atoms with Gasteiger partial charge in [0.15, 0.2) is 0 Å². The zero-order valence-electron chi connectivity index (χ0n) is 17.3. The number of hydrogen-bond acceptors (Lipinski definition) is 4. The van der Waals surface area contributed by atoms with Crippen molar-refractivity contribution in [1.82, 2.24) is 19.7 Å². The van der Waals surface area contributed by atoms with Crippen LogP contribution in [0.4, 0.5) is 13.2 Å². The lowest BCUT2D eigenvalue weighted by Crippen LogP contribution is -2.43. The van der Waals surface area contributed by atoms with E-state index < -0.39 is 11.9 Å². The van der Waals surface area contributed by atoms with Crippen LogP contribution in [0, 0.1) is 11.8 Å². The Hall–Kier alpha value is -1.93. The average Bonchev–Trinajstić information content (AvgIpc) is 3.10. The van der Waals surface area contributed by atoms with E-state index in [2.05, 4.69) is 34.5 Å². The van der Waals surface area contributed by atoms with Gasteiger partial charge < -0.3 is 4.74 Å². The van der Waals surface area contributed by atoms with Crippen molar-refractivity contribution in [3.63, 3.8) is 0 Å². The van der Waals surface area contributed by atoms with E-state index in [0.717, 1.165) is 32.4 Å². The SMILES string of the molecule is CC(C)n1nc(-c2ccc(C(F)(F)F)nc2)cc1C1[C@H]2CC(N3CCOCC3)C[C@@H]12. The van der Waals surface area contributed by atoms with Crippen molar-refractivity contribution >= 4 is 0 Å². The van der Waals surface area contributed by atoms with Crippen LogP contribution in [0.5, 0.6) is 0 Å². The molecule has 0 N–H and O–H groups in total. The summed E-state index contributed by atoms with van der Waals surface area (Å²) in [6.45, 7) is 7.92. The predicted octanol–water partition coefficient (Wildman–Crippen LogP) is 4.37. The number of alkyl halides is 3. The molecule has 4 atom stereocenters. The molecular weight excluding hydrogens is 393 g/mol. The molecule has 5 nitrogen and oxygen atoms in total. The summed E-state index contributed by atoms with van der Waals surface area (Å²) in [4.78, 5) is 6.17. The fourth-order valence-corrected chi connectivity index (χ4v) is 5.42. The Morgan fingerprint density at radius 2 is 1.80 bits per heavy atom. The number of hydrogen-bond donors (Lipinski definition) is 0. The van der Waals surface area contributed by atoms with Crippen LogP contribution in [0.1, 0.15) is 50.0 Å². The van der Waals surface area contributed by atoms with E-state index in [0.29, 0.717) is 35.1 Å². The standard InChI is InChI=1S/C22H27F3N4O/c1-13(2)29-19(11-18(27-29)14-3-4-20(26-12-14)22(23,24)25)21-16-9-15(10-17(16)21)28-5-7-30-8-6-28/h3-4,11-13,15-17,21H,5-10H2,1-2H3/t15?,16-,17+,21?. The maximum absolute atomic E-state index is 12.8. The number of pyridine rings is 1. The molecule has 5 rings (SSSR count). The Morgan fingerprint density at radius 1 is 1.10 bits per heavy atom. The summed E-state index contributed by atoms with van der Waals surface area (Å²) in [5.74, 6) is 1.88. The number of nitrogens with zero attached hydrogens (tertiary/aromatic N) is 4. The first kappa shape index (κ1) is 20.0. The minimum atomic E-state index is -4.43. The third-order valence-corrected chi connectivity index (χ3v) is 6.93. The first-order chi connectivity index (χ1) is 14.3. The zero-order valence-corrected chi connectivity index (χ0v) is 17.3. The van der Waals surface area contributed by atoms with Gasteiger partial charge in [-0.3, -0.25) is 14.6 Å². The van der Waals surface area contributed by atoms with Crippen molar-refractivity contribution in [2.45, 2.75) is 50.9 Å². The molecule has 2 unspecified atom stereocenters. The van der Waals surface area contributed by atoms with E-state index in [4.69, 9.17) is 9.84 Å². The second-order valence-electron chi connectivity index (χ2n) is 9.05. The molecule has 2 aromatic heterocycles. The summed E-state index contributed by atoms with van der Waals surface area (Å²) in [6, 6.07) is 5.43. The highest BCUT2D eigenvalue weighted by Crippen LogP contribution is 2.64. The molecule has 0 radical (unpaired) electrons. The van der Waals surface area contributed by atoms with E-state index in [1.165, 1.54) is 30.8 Å². The fourth-order valence-electron chi connectivity index (χ4n) is 5.42. The molecule has 3 heterocycles. The fraction of sp³-hybridized carbons (Fsp3) is 0.636. The molecule has 162 valence electrons. The van der Waals surface area contributed by atoms with Gasteiger partial charge in [0, 0.05) is 48.5 Å². The van der Waals surface area contributed by atoms with E-state index >= 15 is 0 Å². The number of halogens is 3. The van der Waals surface area contributed by atoms with Crippen molar-refractivity contribution in [3.05, 3.63) is 35.8 Å². The Kier molecular flexibility index (Phi) is 4.89. The molecule has 0 spiro atoms. The van der Waals surface area contributed by atoms with Gasteiger partial charge in [-0.25, -0.2) is 0 Å². The number of rotatable bonds is 4. The van der Waals surface area contributed by atoms with E-state index in [1.54, 1.807) is 0 Å². The van der Waals surface area contributed by atoms with Crippen molar-refractivity contribution in [3.8, 4) is 11.3 Å². The zero-order chi connectivity index (χ0) is 21.0. The van der Waals surface area contributed by atoms with E-state index in [1.807, 2.05) is 0 Å². The molecule has 8 heteroatoms. The minimum absolute atomic E-state index is 0.201. The summed E-state index contributed by atoms with van der Waals surface area (Å²) in [7, 11) is 0. The quantitative estimate of drug-likeness (QED) is 0.737. The van der Waals surface area contributed by atoms with Gasteiger partial charge in [-0.05, 0) is 56.7 Å². The van der Waals surface area contributed by atoms with Crippen molar-refractivity contribution in [2.24, 2.45) is 11.8 Å². The molecule has 0 amide bonds. The molecule has 2 aliphatic carbocycles. The van der Waals surface area contributed by atoms with Crippen LogP contribution >= 0.6 is 0 Å². The van der Waals surface area contributed by atoms with Gasteiger partial charge in [-0.15, -0.1) is 0 Å². The van der Waals surface area contributed by atoms with Gasteiger partial charge >= 0.3 is 6.18 Å². The summed E-state index contributed by atoms with van der Waals surface area (Å²) >= 11 is 0.